The minimum absolute atomic E-state index is 0.131. The lowest BCUT2D eigenvalue weighted by Crippen LogP contribution is -2.17. The molecular formula is C7H9NO. The van der Waals surface area contributed by atoms with Gasteiger partial charge in [-0.25, -0.2) is 0 Å². The van der Waals surface area contributed by atoms with Crippen molar-refractivity contribution in [2.75, 3.05) is 0 Å². The summed E-state index contributed by atoms with van der Waals surface area (Å²) in [5.41, 5.74) is 0.241. The molecule has 0 saturated carbocycles. The fourth-order valence-corrected chi connectivity index (χ4v) is 0.843. The van der Waals surface area contributed by atoms with Crippen molar-refractivity contribution in [3.63, 3.8) is 0 Å². The number of hydrogen-bond donors (Lipinski definition) is 1. The van der Waals surface area contributed by atoms with Crippen LogP contribution in [0.25, 0.3) is 0 Å². The van der Waals surface area contributed by atoms with Gasteiger partial charge in [-0.3, -0.25) is 4.79 Å². The zero-order valence-corrected chi connectivity index (χ0v) is 5.35. The van der Waals surface area contributed by atoms with Crippen LogP contribution in [0.4, 0.5) is 0 Å². The van der Waals surface area contributed by atoms with Gasteiger partial charge in [-0.05, 0) is 18.4 Å². The third-order valence-corrected chi connectivity index (χ3v) is 1.40. The molecule has 9 heavy (non-hydrogen) atoms. The molecule has 0 spiro atoms. The van der Waals surface area contributed by atoms with Crippen molar-refractivity contribution in [3.05, 3.63) is 12.2 Å². The van der Waals surface area contributed by atoms with Crippen molar-refractivity contribution in [2.45, 2.75) is 13.3 Å². The molecule has 0 amide bonds. The van der Waals surface area contributed by atoms with Gasteiger partial charge in [0.05, 0.1) is 5.71 Å². The van der Waals surface area contributed by atoms with Crippen LogP contribution in [0.1, 0.15) is 13.3 Å². The highest BCUT2D eigenvalue weighted by atomic mass is 16.1. The Morgan fingerprint density at radius 3 is 2.89 bits per heavy atom. The minimum atomic E-state index is -0.131. The van der Waals surface area contributed by atoms with Crippen molar-refractivity contribution in [3.8, 4) is 0 Å². The van der Waals surface area contributed by atoms with E-state index >= 15 is 0 Å². The number of rotatable bonds is 0. The number of nitrogens with one attached hydrogen (secondary N) is 1. The van der Waals surface area contributed by atoms with E-state index in [1.165, 1.54) is 6.08 Å². The highest BCUT2D eigenvalue weighted by molar-refractivity contribution is 6.43. The topological polar surface area (TPSA) is 40.9 Å². The molecule has 1 rings (SSSR count). The average molecular weight is 123 g/mol. The van der Waals surface area contributed by atoms with Gasteiger partial charge in [0.25, 0.3) is 0 Å². The Balaban J connectivity index is 2.77. The molecule has 0 aromatic carbocycles. The molecule has 1 aliphatic rings. The normalized spacial score (nSPS) is 27.0. The average Bonchev–Trinajstić information content (AvgIpc) is 1.80. The first-order valence-electron chi connectivity index (χ1n) is 3.00. The van der Waals surface area contributed by atoms with E-state index in [0.717, 1.165) is 0 Å². The molecule has 2 heteroatoms. The van der Waals surface area contributed by atoms with Gasteiger partial charge < -0.3 is 5.41 Å². The molecule has 0 bridgehead atoms. The zero-order chi connectivity index (χ0) is 6.85. The molecule has 1 aliphatic carbocycles. The van der Waals surface area contributed by atoms with Gasteiger partial charge >= 0.3 is 0 Å². The summed E-state index contributed by atoms with van der Waals surface area (Å²) in [4.78, 5) is 10.6. The number of ketones is 1. The van der Waals surface area contributed by atoms with E-state index in [2.05, 4.69) is 0 Å². The van der Waals surface area contributed by atoms with Crippen LogP contribution in [0, 0.1) is 11.3 Å². The van der Waals surface area contributed by atoms with Crippen molar-refractivity contribution in [1.29, 1.82) is 5.41 Å². The molecule has 0 heterocycles. The molecule has 0 radical (unpaired) electrons. The number of carbonyl (C=O) groups excluding carboxylic acids is 1. The molecule has 1 N–H and O–H groups in total. The number of carbonyl (C=O) groups is 1. The second kappa shape index (κ2) is 2.13. The monoisotopic (exact) mass is 123 g/mol. The van der Waals surface area contributed by atoms with Crippen LogP contribution in [-0.4, -0.2) is 11.5 Å². The number of hydrogen-bond acceptors (Lipinski definition) is 2. The van der Waals surface area contributed by atoms with Crippen LogP contribution in [0.3, 0.4) is 0 Å². The summed E-state index contributed by atoms with van der Waals surface area (Å²) < 4.78 is 0. The maximum Gasteiger partial charge on any atom is 0.198 e. The Labute approximate surface area is 54.1 Å². The smallest absolute Gasteiger partial charge is 0.198 e. The standard InChI is InChI=1S/C7H9NO/c1-5-2-3-7(9)6(8)4-5/h2-3,5,8H,4H2,1H3. The summed E-state index contributed by atoms with van der Waals surface area (Å²) in [6.07, 6.45) is 3.94. The highest BCUT2D eigenvalue weighted by Gasteiger charge is 2.13. The Kier molecular flexibility index (Phi) is 1.47. The lowest BCUT2D eigenvalue weighted by atomic mass is 9.95. The van der Waals surface area contributed by atoms with Crippen LogP contribution >= 0.6 is 0 Å². The van der Waals surface area contributed by atoms with E-state index in [4.69, 9.17) is 5.41 Å². The third-order valence-electron chi connectivity index (χ3n) is 1.40. The van der Waals surface area contributed by atoms with E-state index < -0.39 is 0 Å². The van der Waals surface area contributed by atoms with Crippen LogP contribution in [-0.2, 0) is 4.79 Å². The SMILES string of the molecule is CC1C=CC(=O)C(=N)C1. The van der Waals surface area contributed by atoms with Crippen LogP contribution < -0.4 is 0 Å². The Morgan fingerprint density at radius 2 is 2.44 bits per heavy atom. The molecule has 0 aromatic rings. The van der Waals surface area contributed by atoms with Gasteiger partial charge in [0.2, 0.25) is 0 Å². The van der Waals surface area contributed by atoms with Gasteiger partial charge in [-0.1, -0.05) is 13.0 Å². The summed E-state index contributed by atoms with van der Waals surface area (Å²) in [5, 5.41) is 7.12. The van der Waals surface area contributed by atoms with E-state index in [0.29, 0.717) is 12.3 Å². The summed E-state index contributed by atoms with van der Waals surface area (Å²) >= 11 is 0. The van der Waals surface area contributed by atoms with Gasteiger partial charge in [-0.2, -0.15) is 0 Å². The van der Waals surface area contributed by atoms with Crippen molar-refractivity contribution in [1.82, 2.24) is 0 Å². The number of allylic oxidation sites excluding steroid dienone is 2. The molecular weight excluding hydrogens is 114 g/mol. The molecule has 2 nitrogen and oxygen atoms in total. The minimum Gasteiger partial charge on any atom is -0.301 e. The van der Waals surface area contributed by atoms with Crippen molar-refractivity contribution >= 4 is 11.5 Å². The van der Waals surface area contributed by atoms with Crippen LogP contribution in [0.5, 0.6) is 0 Å². The molecule has 0 aromatic heterocycles. The fraction of sp³-hybridized carbons (Fsp3) is 0.429. The maximum atomic E-state index is 10.6. The van der Waals surface area contributed by atoms with E-state index in [1.54, 1.807) is 0 Å². The predicted octanol–water partition coefficient (Wildman–Crippen LogP) is 1.17. The van der Waals surface area contributed by atoms with Gasteiger partial charge in [0, 0.05) is 0 Å². The second-order valence-corrected chi connectivity index (χ2v) is 2.38. The fourth-order valence-electron chi connectivity index (χ4n) is 0.843. The Bertz CT molecular complexity index is 181. The molecule has 1 atom stereocenters. The van der Waals surface area contributed by atoms with Crippen LogP contribution in [0.15, 0.2) is 12.2 Å². The highest BCUT2D eigenvalue weighted by Crippen LogP contribution is 2.10. The molecule has 0 aliphatic heterocycles. The first-order valence-corrected chi connectivity index (χ1v) is 3.00. The third kappa shape index (κ3) is 1.25. The maximum absolute atomic E-state index is 10.6. The van der Waals surface area contributed by atoms with Crippen LogP contribution in [0.2, 0.25) is 0 Å². The van der Waals surface area contributed by atoms with Gasteiger partial charge in [-0.15, -0.1) is 0 Å². The molecule has 48 valence electrons. The largest absolute Gasteiger partial charge is 0.301 e. The first-order chi connectivity index (χ1) is 4.20. The summed E-state index contributed by atoms with van der Waals surface area (Å²) in [7, 11) is 0. The Hall–Kier alpha value is -0.920. The van der Waals surface area contributed by atoms with Gasteiger partial charge in [0.15, 0.2) is 5.78 Å². The first kappa shape index (κ1) is 6.20. The predicted molar refractivity (Wildman–Crippen MR) is 35.7 cm³/mol. The second-order valence-electron chi connectivity index (χ2n) is 2.38. The lowest BCUT2D eigenvalue weighted by Gasteiger charge is -2.09. The molecule has 1 unspecified atom stereocenters. The molecule has 0 saturated heterocycles. The van der Waals surface area contributed by atoms with E-state index in [1.807, 2.05) is 13.0 Å². The quantitative estimate of drug-likeness (QED) is 0.516. The summed E-state index contributed by atoms with van der Waals surface area (Å²) in [5.74, 6) is 0.239. The molecule has 0 fully saturated rings. The van der Waals surface area contributed by atoms with Crippen molar-refractivity contribution < 1.29 is 4.79 Å². The lowest BCUT2D eigenvalue weighted by molar-refractivity contribution is -0.109. The van der Waals surface area contributed by atoms with E-state index in [9.17, 15) is 4.79 Å². The van der Waals surface area contributed by atoms with Crippen molar-refractivity contribution in [2.24, 2.45) is 5.92 Å². The zero-order valence-electron chi connectivity index (χ0n) is 5.35. The van der Waals surface area contributed by atoms with E-state index in [-0.39, 0.29) is 11.5 Å². The van der Waals surface area contributed by atoms with Gasteiger partial charge in [0.1, 0.15) is 0 Å². The summed E-state index contributed by atoms with van der Waals surface area (Å²) in [6.45, 7) is 2.00. The summed E-state index contributed by atoms with van der Waals surface area (Å²) in [6, 6.07) is 0. The Morgan fingerprint density at radius 1 is 1.78 bits per heavy atom.